The minimum Gasteiger partial charge on any atom is -0.375 e. The maximum absolute atomic E-state index is 12.3. The van der Waals surface area contributed by atoms with Crippen molar-refractivity contribution in [2.75, 3.05) is 23.8 Å². The Morgan fingerprint density at radius 3 is 2.45 bits per heavy atom. The van der Waals surface area contributed by atoms with Crippen LogP contribution in [-0.4, -0.2) is 19.5 Å². The summed E-state index contributed by atoms with van der Waals surface area (Å²) < 4.78 is 0. The first-order chi connectivity index (χ1) is 10.5. The maximum Gasteiger partial charge on any atom is 0.255 e. The van der Waals surface area contributed by atoms with E-state index in [0.717, 1.165) is 29.9 Å². The third-order valence-corrected chi connectivity index (χ3v) is 3.80. The first kappa shape index (κ1) is 16.4. The van der Waals surface area contributed by atoms with E-state index in [1.807, 2.05) is 43.3 Å². The monoisotopic (exact) mass is 316 g/mol. The lowest BCUT2D eigenvalue weighted by atomic mass is 10.1. The maximum atomic E-state index is 12.3. The average molecular weight is 317 g/mol. The predicted molar refractivity (Wildman–Crippen MR) is 94.1 cm³/mol. The number of carbonyl (C=O) groups excluding carboxylic acids is 1. The van der Waals surface area contributed by atoms with E-state index in [2.05, 4.69) is 24.2 Å². The molecule has 4 heteroatoms. The number of halogens is 1. The van der Waals surface area contributed by atoms with Gasteiger partial charge in [-0.15, -0.1) is 0 Å². The van der Waals surface area contributed by atoms with Gasteiger partial charge in [0.1, 0.15) is 0 Å². The molecule has 2 rings (SSSR count). The number of nitrogens with one attached hydrogen (secondary N) is 1. The molecule has 0 aliphatic carbocycles. The Labute approximate surface area is 136 Å². The first-order valence-electron chi connectivity index (χ1n) is 7.40. The minimum absolute atomic E-state index is 0.116. The molecule has 0 unspecified atom stereocenters. The molecule has 0 aromatic heterocycles. The van der Waals surface area contributed by atoms with E-state index in [-0.39, 0.29) is 5.91 Å². The zero-order valence-electron chi connectivity index (χ0n) is 13.2. The molecule has 0 bridgehead atoms. The fourth-order valence-corrected chi connectivity index (χ4v) is 2.52. The molecule has 0 atom stereocenters. The number of amides is 1. The molecule has 0 heterocycles. The molecule has 1 N–H and O–H groups in total. The van der Waals surface area contributed by atoms with Crippen LogP contribution in [0.25, 0.3) is 0 Å². The largest absolute Gasteiger partial charge is 0.375 e. The third-order valence-electron chi connectivity index (χ3n) is 3.57. The lowest BCUT2D eigenvalue weighted by Gasteiger charge is -2.18. The van der Waals surface area contributed by atoms with Crippen LogP contribution in [0.15, 0.2) is 42.5 Å². The molecule has 22 heavy (non-hydrogen) atoms. The van der Waals surface area contributed by atoms with Gasteiger partial charge in [-0.3, -0.25) is 4.79 Å². The number of carbonyl (C=O) groups is 1. The standard InChI is InChI=1S/C18H21ClN2O/c1-4-11-21(3)16-8-5-14(6-9-16)18(22)20-17-10-7-15(19)12-13(17)2/h5-10,12H,4,11H2,1-3H3,(H,20,22). The normalized spacial score (nSPS) is 10.4. The van der Waals surface area contributed by atoms with Crippen molar-refractivity contribution in [2.24, 2.45) is 0 Å². The molecule has 116 valence electrons. The summed E-state index contributed by atoms with van der Waals surface area (Å²) in [6.07, 6.45) is 1.09. The number of aryl methyl sites for hydroxylation is 1. The summed E-state index contributed by atoms with van der Waals surface area (Å²) in [5, 5.41) is 3.58. The molecule has 2 aromatic carbocycles. The number of benzene rings is 2. The van der Waals surface area contributed by atoms with E-state index in [0.29, 0.717) is 10.6 Å². The highest BCUT2D eigenvalue weighted by molar-refractivity contribution is 6.30. The van der Waals surface area contributed by atoms with Gasteiger partial charge in [-0.05, 0) is 61.4 Å². The van der Waals surface area contributed by atoms with Gasteiger partial charge >= 0.3 is 0 Å². The van der Waals surface area contributed by atoms with Crippen LogP contribution >= 0.6 is 11.6 Å². The van der Waals surface area contributed by atoms with Crippen LogP contribution in [-0.2, 0) is 0 Å². The van der Waals surface area contributed by atoms with Gasteiger partial charge in [0.2, 0.25) is 0 Å². The molecule has 3 nitrogen and oxygen atoms in total. The van der Waals surface area contributed by atoms with Crippen LogP contribution in [0.5, 0.6) is 0 Å². The predicted octanol–water partition coefficient (Wildman–Crippen LogP) is 4.75. The molecule has 2 aromatic rings. The van der Waals surface area contributed by atoms with E-state index in [1.54, 1.807) is 6.07 Å². The molecule has 0 radical (unpaired) electrons. The number of nitrogens with zero attached hydrogens (tertiary/aromatic N) is 1. The number of hydrogen-bond donors (Lipinski definition) is 1. The summed E-state index contributed by atoms with van der Waals surface area (Å²) in [6.45, 7) is 5.06. The molecular formula is C18H21ClN2O. The van der Waals surface area contributed by atoms with E-state index in [1.165, 1.54) is 0 Å². The average Bonchev–Trinajstić information content (AvgIpc) is 2.50. The van der Waals surface area contributed by atoms with Crippen molar-refractivity contribution in [3.8, 4) is 0 Å². The second kappa shape index (κ2) is 7.32. The van der Waals surface area contributed by atoms with E-state index in [4.69, 9.17) is 11.6 Å². The highest BCUT2D eigenvalue weighted by Crippen LogP contribution is 2.21. The summed E-state index contributed by atoms with van der Waals surface area (Å²) in [5.41, 5.74) is 3.48. The number of hydrogen-bond acceptors (Lipinski definition) is 2. The van der Waals surface area contributed by atoms with Gasteiger partial charge < -0.3 is 10.2 Å². The highest BCUT2D eigenvalue weighted by Gasteiger charge is 2.09. The summed E-state index contributed by atoms with van der Waals surface area (Å²) >= 11 is 5.93. The Bertz CT molecular complexity index is 653. The Balaban J connectivity index is 2.09. The van der Waals surface area contributed by atoms with Crippen molar-refractivity contribution in [1.29, 1.82) is 0 Å². The van der Waals surface area contributed by atoms with Gasteiger partial charge in [0.25, 0.3) is 5.91 Å². The topological polar surface area (TPSA) is 32.3 Å². The van der Waals surface area contributed by atoms with Gasteiger partial charge in [0.05, 0.1) is 0 Å². The van der Waals surface area contributed by atoms with E-state index < -0.39 is 0 Å². The molecule has 0 saturated carbocycles. The van der Waals surface area contributed by atoms with Crippen LogP contribution in [0.4, 0.5) is 11.4 Å². The van der Waals surface area contributed by atoms with Crippen LogP contribution < -0.4 is 10.2 Å². The lowest BCUT2D eigenvalue weighted by molar-refractivity contribution is 0.102. The quantitative estimate of drug-likeness (QED) is 0.863. The molecule has 0 aliphatic heterocycles. The lowest BCUT2D eigenvalue weighted by Crippen LogP contribution is -2.18. The van der Waals surface area contributed by atoms with Gasteiger partial charge in [-0.25, -0.2) is 0 Å². The van der Waals surface area contributed by atoms with Crippen LogP contribution in [0.2, 0.25) is 5.02 Å². The van der Waals surface area contributed by atoms with Crippen LogP contribution in [0, 0.1) is 6.92 Å². The van der Waals surface area contributed by atoms with E-state index in [9.17, 15) is 4.79 Å². The second-order valence-corrected chi connectivity index (χ2v) is 5.82. The zero-order chi connectivity index (χ0) is 16.1. The van der Waals surface area contributed by atoms with Crippen molar-refractivity contribution in [2.45, 2.75) is 20.3 Å². The smallest absolute Gasteiger partial charge is 0.255 e. The van der Waals surface area contributed by atoms with Gasteiger partial charge in [-0.1, -0.05) is 18.5 Å². The highest BCUT2D eigenvalue weighted by atomic mass is 35.5. The summed E-state index contributed by atoms with van der Waals surface area (Å²) in [7, 11) is 2.05. The zero-order valence-corrected chi connectivity index (χ0v) is 13.9. The van der Waals surface area contributed by atoms with Crippen LogP contribution in [0.1, 0.15) is 29.3 Å². The summed E-state index contributed by atoms with van der Waals surface area (Å²) in [6, 6.07) is 13.1. The Hall–Kier alpha value is -2.00. The van der Waals surface area contributed by atoms with Gasteiger partial charge in [0, 0.05) is 35.6 Å². The summed E-state index contributed by atoms with van der Waals surface area (Å²) in [4.78, 5) is 14.5. The summed E-state index contributed by atoms with van der Waals surface area (Å²) in [5.74, 6) is -0.116. The minimum atomic E-state index is -0.116. The second-order valence-electron chi connectivity index (χ2n) is 5.38. The van der Waals surface area contributed by atoms with Crippen molar-refractivity contribution in [3.63, 3.8) is 0 Å². The van der Waals surface area contributed by atoms with Crippen LogP contribution in [0.3, 0.4) is 0 Å². The van der Waals surface area contributed by atoms with Crippen molar-refractivity contribution < 1.29 is 4.79 Å². The fraction of sp³-hybridized carbons (Fsp3) is 0.278. The van der Waals surface area contributed by atoms with Crippen molar-refractivity contribution in [1.82, 2.24) is 0 Å². The Morgan fingerprint density at radius 1 is 1.18 bits per heavy atom. The molecule has 0 fully saturated rings. The Morgan fingerprint density at radius 2 is 1.86 bits per heavy atom. The first-order valence-corrected chi connectivity index (χ1v) is 7.77. The van der Waals surface area contributed by atoms with Gasteiger partial charge in [-0.2, -0.15) is 0 Å². The van der Waals surface area contributed by atoms with Gasteiger partial charge in [0.15, 0.2) is 0 Å². The van der Waals surface area contributed by atoms with Crippen molar-refractivity contribution >= 4 is 28.9 Å². The third kappa shape index (κ3) is 4.01. The SMILES string of the molecule is CCCN(C)c1ccc(C(=O)Nc2ccc(Cl)cc2C)cc1. The molecule has 0 aliphatic rings. The fourth-order valence-electron chi connectivity index (χ4n) is 2.29. The Kier molecular flexibility index (Phi) is 5.45. The van der Waals surface area contributed by atoms with E-state index >= 15 is 0 Å². The number of anilines is 2. The molecule has 0 spiro atoms. The molecular weight excluding hydrogens is 296 g/mol. The molecule has 0 saturated heterocycles. The molecule has 1 amide bonds. The van der Waals surface area contributed by atoms with Crippen molar-refractivity contribution in [3.05, 3.63) is 58.6 Å². The number of rotatable bonds is 5.